The Bertz CT molecular complexity index is 317. The molecule has 0 aromatic carbocycles. The van der Waals surface area contributed by atoms with Gasteiger partial charge in [0.2, 0.25) is 0 Å². The molecule has 3 nitrogen and oxygen atoms in total. The maximum atomic E-state index is 12.5. The molecule has 0 spiro atoms. The average Bonchev–Trinajstić information content (AvgIpc) is 2.34. The van der Waals surface area contributed by atoms with Gasteiger partial charge in [-0.05, 0) is 60.8 Å². The molecular weight excluding hydrogens is 226 g/mol. The van der Waals surface area contributed by atoms with Gasteiger partial charge in [0.1, 0.15) is 5.60 Å². The lowest BCUT2D eigenvalue weighted by Crippen LogP contribution is -2.54. The van der Waals surface area contributed by atoms with Crippen molar-refractivity contribution in [3.05, 3.63) is 0 Å². The Labute approximate surface area is 112 Å². The number of rotatable bonds is 2. The highest BCUT2D eigenvalue weighted by Crippen LogP contribution is 2.44. The summed E-state index contributed by atoms with van der Waals surface area (Å²) in [4.78, 5) is 14.5. The molecule has 1 atom stereocenters. The quantitative estimate of drug-likeness (QED) is 0.734. The number of likely N-dealkylation sites (tertiary alicyclic amines) is 1. The number of nitrogens with zero attached hydrogens (tertiary/aromatic N) is 1. The van der Waals surface area contributed by atoms with Crippen molar-refractivity contribution >= 4 is 6.09 Å². The minimum absolute atomic E-state index is 0.0550. The first kappa shape index (κ1) is 15.3. The number of ether oxygens (including phenoxy) is 1. The molecule has 106 valence electrons. The van der Waals surface area contributed by atoms with Gasteiger partial charge in [-0.1, -0.05) is 13.3 Å². The van der Waals surface area contributed by atoms with Crippen molar-refractivity contribution < 1.29 is 9.53 Å². The van der Waals surface area contributed by atoms with Crippen LogP contribution in [-0.2, 0) is 4.74 Å². The lowest BCUT2D eigenvalue weighted by Gasteiger charge is -2.42. The zero-order chi connectivity index (χ0) is 14.2. The predicted molar refractivity (Wildman–Crippen MR) is 74.7 cm³/mol. The summed E-state index contributed by atoms with van der Waals surface area (Å²) in [6.45, 7) is 14.4. The topological polar surface area (TPSA) is 29.5 Å². The van der Waals surface area contributed by atoms with E-state index in [1.165, 1.54) is 0 Å². The van der Waals surface area contributed by atoms with Crippen molar-refractivity contribution in [2.24, 2.45) is 0 Å². The van der Waals surface area contributed by atoms with E-state index < -0.39 is 5.60 Å². The number of hydrogen-bond donors (Lipinski definition) is 0. The fraction of sp³-hybridized carbons (Fsp3) is 0.933. The second-order valence-electron chi connectivity index (χ2n) is 7.38. The summed E-state index contributed by atoms with van der Waals surface area (Å²) in [6.07, 6.45) is 4.07. The molecule has 0 N–H and O–H groups in total. The molecule has 0 aromatic heterocycles. The molecule has 0 bridgehead atoms. The molecule has 3 heteroatoms. The van der Waals surface area contributed by atoms with E-state index in [9.17, 15) is 4.79 Å². The maximum absolute atomic E-state index is 12.5. The Hall–Kier alpha value is -0.730. The normalized spacial score (nSPS) is 27.4. The van der Waals surface area contributed by atoms with Gasteiger partial charge in [0.05, 0.1) is 0 Å². The molecule has 0 saturated carbocycles. The average molecular weight is 255 g/mol. The first-order chi connectivity index (χ1) is 8.02. The fourth-order valence-corrected chi connectivity index (χ4v) is 3.08. The van der Waals surface area contributed by atoms with Gasteiger partial charge in [-0.15, -0.1) is 0 Å². The minimum atomic E-state index is -0.428. The molecule has 1 saturated heterocycles. The summed E-state index contributed by atoms with van der Waals surface area (Å²) in [6, 6.07) is 0. The Kier molecular flexibility index (Phi) is 4.04. The number of hydrogen-bond acceptors (Lipinski definition) is 2. The van der Waals surface area contributed by atoms with Crippen LogP contribution in [0, 0.1) is 0 Å². The van der Waals surface area contributed by atoms with E-state index >= 15 is 0 Å². The van der Waals surface area contributed by atoms with Crippen molar-refractivity contribution in [1.82, 2.24) is 4.90 Å². The summed E-state index contributed by atoms with van der Waals surface area (Å²) in [5.41, 5.74) is -0.588. The maximum Gasteiger partial charge on any atom is 0.411 e. The second-order valence-corrected chi connectivity index (χ2v) is 7.38. The summed E-state index contributed by atoms with van der Waals surface area (Å²) in [5.74, 6) is 0. The van der Waals surface area contributed by atoms with Crippen LogP contribution >= 0.6 is 0 Å². The van der Waals surface area contributed by atoms with Gasteiger partial charge < -0.3 is 4.74 Å². The summed E-state index contributed by atoms with van der Waals surface area (Å²) < 4.78 is 5.59. The van der Waals surface area contributed by atoms with Crippen LogP contribution in [0.25, 0.3) is 0 Å². The third kappa shape index (κ3) is 3.18. The molecule has 1 rings (SSSR count). The van der Waals surface area contributed by atoms with Gasteiger partial charge in [-0.2, -0.15) is 0 Å². The largest absolute Gasteiger partial charge is 0.444 e. The summed E-state index contributed by atoms with van der Waals surface area (Å²) >= 11 is 0. The molecule has 0 radical (unpaired) electrons. The molecule has 0 aromatic rings. The van der Waals surface area contributed by atoms with Crippen molar-refractivity contribution in [3.63, 3.8) is 0 Å². The Morgan fingerprint density at radius 3 is 2.22 bits per heavy atom. The highest BCUT2D eigenvalue weighted by atomic mass is 16.6. The minimum Gasteiger partial charge on any atom is -0.444 e. The SMILES string of the molecule is CCCC1(C)CCC(C)(C)N1C(=O)OC(C)(C)C. The van der Waals surface area contributed by atoms with Crippen LogP contribution < -0.4 is 0 Å². The molecule has 0 aliphatic carbocycles. The Balaban J connectivity index is 2.96. The fourth-order valence-electron chi connectivity index (χ4n) is 3.08. The van der Waals surface area contributed by atoms with E-state index in [2.05, 4.69) is 27.7 Å². The monoisotopic (exact) mass is 255 g/mol. The number of carbonyl (C=O) groups is 1. The lowest BCUT2D eigenvalue weighted by atomic mass is 9.93. The lowest BCUT2D eigenvalue weighted by molar-refractivity contribution is -0.0138. The van der Waals surface area contributed by atoms with E-state index in [1.54, 1.807) is 0 Å². The van der Waals surface area contributed by atoms with Crippen LogP contribution in [0.3, 0.4) is 0 Å². The van der Waals surface area contributed by atoms with Gasteiger partial charge >= 0.3 is 6.09 Å². The van der Waals surface area contributed by atoms with E-state index in [0.29, 0.717) is 0 Å². The van der Waals surface area contributed by atoms with Crippen LogP contribution in [0.15, 0.2) is 0 Å². The standard InChI is InChI=1S/C15H29NO2/c1-8-9-15(7)11-10-14(5,6)16(15)12(17)18-13(2,3)4/h8-11H2,1-7H3. The smallest absolute Gasteiger partial charge is 0.411 e. The Morgan fingerprint density at radius 2 is 1.78 bits per heavy atom. The van der Waals surface area contributed by atoms with Crippen LogP contribution in [-0.4, -0.2) is 27.7 Å². The first-order valence-electron chi connectivity index (χ1n) is 7.05. The molecule has 18 heavy (non-hydrogen) atoms. The molecule has 1 heterocycles. The van der Waals surface area contributed by atoms with Crippen molar-refractivity contribution in [1.29, 1.82) is 0 Å². The van der Waals surface area contributed by atoms with E-state index in [1.807, 2.05) is 25.7 Å². The van der Waals surface area contributed by atoms with Gasteiger partial charge in [0.15, 0.2) is 0 Å². The van der Waals surface area contributed by atoms with E-state index in [0.717, 1.165) is 25.7 Å². The predicted octanol–water partition coefficient (Wildman–Crippen LogP) is 4.35. The number of amides is 1. The third-order valence-electron chi connectivity index (χ3n) is 3.79. The zero-order valence-corrected chi connectivity index (χ0v) is 13.1. The van der Waals surface area contributed by atoms with Gasteiger partial charge in [-0.3, -0.25) is 4.90 Å². The van der Waals surface area contributed by atoms with Gasteiger partial charge in [0, 0.05) is 11.1 Å². The Morgan fingerprint density at radius 1 is 1.22 bits per heavy atom. The van der Waals surface area contributed by atoms with E-state index in [4.69, 9.17) is 4.74 Å². The molecular formula is C15H29NO2. The van der Waals surface area contributed by atoms with Crippen molar-refractivity contribution in [2.45, 2.75) is 90.8 Å². The molecule has 1 aliphatic rings. The highest BCUT2D eigenvalue weighted by molar-refractivity contribution is 5.70. The van der Waals surface area contributed by atoms with Gasteiger partial charge in [-0.25, -0.2) is 4.79 Å². The third-order valence-corrected chi connectivity index (χ3v) is 3.79. The molecule has 1 unspecified atom stereocenters. The van der Waals surface area contributed by atoms with Crippen LogP contribution in [0.4, 0.5) is 4.79 Å². The first-order valence-corrected chi connectivity index (χ1v) is 7.05. The van der Waals surface area contributed by atoms with Crippen molar-refractivity contribution in [3.8, 4) is 0 Å². The van der Waals surface area contributed by atoms with Crippen molar-refractivity contribution in [2.75, 3.05) is 0 Å². The molecule has 1 aliphatic heterocycles. The molecule has 1 fully saturated rings. The van der Waals surface area contributed by atoms with E-state index in [-0.39, 0.29) is 17.2 Å². The number of carbonyl (C=O) groups excluding carboxylic acids is 1. The van der Waals surface area contributed by atoms with Crippen LogP contribution in [0.2, 0.25) is 0 Å². The summed E-state index contributed by atoms with van der Waals surface area (Å²) in [7, 11) is 0. The second kappa shape index (κ2) is 4.75. The van der Waals surface area contributed by atoms with Crippen LogP contribution in [0.5, 0.6) is 0 Å². The summed E-state index contributed by atoms with van der Waals surface area (Å²) in [5, 5.41) is 0. The van der Waals surface area contributed by atoms with Gasteiger partial charge in [0.25, 0.3) is 0 Å². The molecule has 1 amide bonds. The zero-order valence-electron chi connectivity index (χ0n) is 13.1. The highest BCUT2D eigenvalue weighted by Gasteiger charge is 2.50. The van der Waals surface area contributed by atoms with Crippen LogP contribution in [0.1, 0.15) is 74.1 Å².